The maximum absolute atomic E-state index is 13.5. The van der Waals surface area contributed by atoms with Gasteiger partial charge in [0.1, 0.15) is 29.0 Å². The van der Waals surface area contributed by atoms with Gasteiger partial charge in [-0.1, -0.05) is 13.8 Å². The van der Waals surface area contributed by atoms with Gasteiger partial charge in [0.2, 0.25) is 0 Å². The van der Waals surface area contributed by atoms with Crippen LogP contribution in [0.15, 0.2) is 12.2 Å². The van der Waals surface area contributed by atoms with Crippen molar-refractivity contribution in [2.75, 3.05) is 0 Å². The molecule has 0 aromatic rings. The molecule has 1 spiro atoms. The van der Waals surface area contributed by atoms with Crippen molar-refractivity contribution in [1.29, 1.82) is 0 Å². The number of esters is 1. The molecule has 7 rings (SSSR count). The summed E-state index contributed by atoms with van der Waals surface area (Å²) in [5.74, 6) is 0.378. The number of epoxide rings is 2. The molecule has 7 aliphatic rings. The predicted molar refractivity (Wildman–Crippen MR) is 135 cm³/mol. The first-order chi connectivity index (χ1) is 17.7. The van der Waals surface area contributed by atoms with Crippen LogP contribution in [0.3, 0.4) is 0 Å². The number of ketones is 1. The number of ether oxygens (including phenoxy) is 4. The number of carbonyl (C=O) groups is 2. The van der Waals surface area contributed by atoms with Gasteiger partial charge in [0.25, 0.3) is 0 Å². The van der Waals surface area contributed by atoms with Crippen molar-refractivity contribution in [1.82, 2.24) is 0 Å². The van der Waals surface area contributed by atoms with Gasteiger partial charge in [0.15, 0.2) is 12.1 Å². The average molecular weight is 531 g/mol. The molecule has 4 aliphatic carbocycles. The molecule has 0 amide bonds. The lowest BCUT2D eigenvalue weighted by Crippen LogP contribution is -2.64. The van der Waals surface area contributed by atoms with E-state index in [-0.39, 0.29) is 65.1 Å². The van der Waals surface area contributed by atoms with E-state index in [1.807, 2.05) is 13.8 Å². The van der Waals surface area contributed by atoms with Gasteiger partial charge in [0.05, 0.1) is 17.6 Å². The van der Waals surface area contributed by atoms with Crippen LogP contribution in [0.5, 0.6) is 0 Å². The summed E-state index contributed by atoms with van der Waals surface area (Å²) in [7, 11) is 0. The van der Waals surface area contributed by atoms with Gasteiger partial charge in [-0.05, 0) is 87.7 Å². The monoisotopic (exact) mass is 530 g/mol. The summed E-state index contributed by atoms with van der Waals surface area (Å²) in [5.41, 5.74) is -2.79. The Hall–Kier alpha value is -1.32. The Morgan fingerprint density at radius 3 is 2.61 bits per heavy atom. The summed E-state index contributed by atoms with van der Waals surface area (Å²) < 4.78 is 24.5. The van der Waals surface area contributed by atoms with Gasteiger partial charge in [0, 0.05) is 19.3 Å². The molecule has 8 nitrogen and oxygen atoms in total. The van der Waals surface area contributed by atoms with Crippen LogP contribution in [-0.4, -0.2) is 69.5 Å². The van der Waals surface area contributed by atoms with Crippen LogP contribution < -0.4 is 0 Å². The van der Waals surface area contributed by atoms with Crippen molar-refractivity contribution < 1.29 is 38.7 Å². The third kappa shape index (κ3) is 2.84. The molecular weight excluding hydrogens is 488 g/mol. The minimum absolute atomic E-state index is 0.0425. The van der Waals surface area contributed by atoms with Gasteiger partial charge < -0.3 is 29.2 Å². The Bertz CT molecular complexity index is 1120. The molecule has 38 heavy (non-hydrogen) atoms. The van der Waals surface area contributed by atoms with Crippen molar-refractivity contribution in [3.63, 3.8) is 0 Å². The highest BCUT2D eigenvalue weighted by Crippen LogP contribution is 2.73. The zero-order valence-corrected chi connectivity index (χ0v) is 23.3. The largest absolute Gasteiger partial charge is 0.462 e. The van der Waals surface area contributed by atoms with Crippen molar-refractivity contribution in [3.8, 4) is 0 Å². The van der Waals surface area contributed by atoms with E-state index < -0.39 is 34.6 Å². The van der Waals surface area contributed by atoms with Crippen LogP contribution >= 0.6 is 0 Å². The molecule has 15 atom stereocenters. The van der Waals surface area contributed by atoms with E-state index >= 15 is 0 Å². The number of hydrogen-bond donors (Lipinski definition) is 2. The Morgan fingerprint density at radius 1 is 1.18 bits per heavy atom. The summed E-state index contributed by atoms with van der Waals surface area (Å²) in [6.45, 7) is 12.0. The molecule has 0 aromatic heterocycles. The number of carbonyl (C=O) groups excluding carboxylic acids is 2. The molecule has 0 radical (unpaired) electrons. The fourth-order valence-corrected chi connectivity index (χ4v) is 10.7. The van der Waals surface area contributed by atoms with Crippen LogP contribution in [-0.2, 0) is 28.5 Å². The van der Waals surface area contributed by atoms with E-state index in [1.54, 1.807) is 12.2 Å². The highest BCUT2D eigenvalue weighted by Gasteiger charge is 2.81. The Labute approximate surface area is 224 Å². The third-order valence-electron chi connectivity index (χ3n) is 13.0. The maximum Gasteiger partial charge on any atom is 0.302 e. The third-order valence-corrected chi connectivity index (χ3v) is 13.0. The van der Waals surface area contributed by atoms with Crippen LogP contribution in [0.25, 0.3) is 0 Å². The second-order valence-corrected chi connectivity index (χ2v) is 14.4. The van der Waals surface area contributed by atoms with E-state index in [0.717, 1.165) is 32.1 Å². The Balaban J connectivity index is 1.23. The second-order valence-electron chi connectivity index (χ2n) is 14.4. The molecule has 2 N–H and O–H groups in total. The lowest BCUT2D eigenvalue weighted by atomic mass is 9.44. The fourth-order valence-electron chi connectivity index (χ4n) is 10.7. The molecule has 3 aliphatic heterocycles. The lowest BCUT2D eigenvalue weighted by molar-refractivity contribution is -0.204. The van der Waals surface area contributed by atoms with Crippen molar-refractivity contribution in [3.05, 3.63) is 12.2 Å². The first-order valence-electron chi connectivity index (χ1n) is 14.5. The van der Waals surface area contributed by atoms with E-state index in [4.69, 9.17) is 18.9 Å². The summed E-state index contributed by atoms with van der Waals surface area (Å²) in [4.78, 5) is 25.8. The molecule has 0 aromatic carbocycles. The maximum atomic E-state index is 13.5. The van der Waals surface area contributed by atoms with Crippen LogP contribution in [0.4, 0.5) is 0 Å². The SMILES string of the molecule is CC(=O)O[C@H]1C[C@H]([C@H](C)[C@H]2C[C@]3(C)O[C@]3(C)[C@@H](O)O2)[C@@]2(C)CC[C@H]3[C@@H](C[C@H]4O[C@]45[C@@H](O)C=CC(=O)[C@]35C)[C@H]12. The molecular formula is C30H42O8. The zero-order chi connectivity index (χ0) is 27.2. The standard InChI is InChI=1S/C30H42O8/c1-14(20-13-27(4)29(6,38-27)25(34)36-20)18-12-19(35-15(2)31)24-16-11-23-30(37-23)22(33)8-7-21(32)28(30,5)17(16)9-10-26(18,24)3/h7-8,14,16-20,22-25,33-34H,9-13H2,1-6H3/t14-,16+,17-,18+,19-,20+,22-,23+,24+,25-,26+,27-,28-,29+,30+/m0/s1. The van der Waals surface area contributed by atoms with Gasteiger partial charge in [-0.2, -0.15) is 0 Å². The fraction of sp³-hybridized carbons (Fsp3) is 0.867. The summed E-state index contributed by atoms with van der Waals surface area (Å²) in [5, 5.41) is 21.7. The first kappa shape index (κ1) is 25.6. The highest BCUT2D eigenvalue weighted by molar-refractivity contribution is 5.98. The Kier molecular flexibility index (Phi) is 5.05. The van der Waals surface area contributed by atoms with Crippen molar-refractivity contribution >= 4 is 11.8 Å². The van der Waals surface area contributed by atoms with Gasteiger partial charge >= 0.3 is 5.97 Å². The summed E-state index contributed by atoms with van der Waals surface area (Å²) >= 11 is 0. The highest BCUT2D eigenvalue weighted by atomic mass is 16.7. The van der Waals surface area contributed by atoms with Crippen LogP contribution in [0.2, 0.25) is 0 Å². The molecule has 6 fully saturated rings. The molecule has 3 saturated carbocycles. The van der Waals surface area contributed by atoms with E-state index in [2.05, 4.69) is 20.8 Å². The predicted octanol–water partition coefficient (Wildman–Crippen LogP) is 2.93. The summed E-state index contributed by atoms with van der Waals surface area (Å²) in [6.07, 6.45) is 4.80. The number of aliphatic hydroxyl groups excluding tert-OH is 2. The molecule has 210 valence electrons. The smallest absolute Gasteiger partial charge is 0.302 e. The second kappa shape index (κ2) is 7.49. The molecule has 3 heterocycles. The number of hydrogen-bond acceptors (Lipinski definition) is 8. The number of fused-ring (bicyclic) bond motifs is 5. The average Bonchev–Trinajstić information content (AvgIpc) is 3.68. The zero-order valence-electron chi connectivity index (χ0n) is 23.3. The van der Waals surface area contributed by atoms with E-state index in [9.17, 15) is 19.8 Å². The van der Waals surface area contributed by atoms with E-state index in [0.29, 0.717) is 0 Å². The summed E-state index contributed by atoms with van der Waals surface area (Å²) in [6, 6.07) is 0. The molecule has 0 unspecified atom stereocenters. The lowest BCUT2D eigenvalue weighted by Gasteiger charge is -2.58. The van der Waals surface area contributed by atoms with Crippen LogP contribution in [0, 0.1) is 40.4 Å². The van der Waals surface area contributed by atoms with Crippen LogP contribution in [0.1, 0.15) is 73.6 Å². The van der Waals surface area contributed by atoms with Crippen molar-refractivity contribution in [2.24, 2.45) is 40.4 Å². The van der Waals surface area contributed by atoms with E-state index in [1.165, 1.54) is 6.92 Å². The topological polar surface area (TPSA) is 118 Å². The van der Waals surface area contributed by atoms with Crippen molar-refractivity contribution in [2.45, 2.75) is 121 Å². The normalized spacial score (nSPS) is 60.5. The number of aliphatic hydroxyl groups is 2. The Morgan fingerprint density at radius 2 is 1.92 bits per heavy atom. The first-order valence-corrected chi connectivity index (χ1v) is 14.5. The molecule has 8 heteroatoms. The number of allylic oxidation sites excluding steroid dienone is 1. The van der Waals surface area contributed by atoms with Gasteiger partial charge in [-0.3, -0.25) is 9.59 Å². The molecule has 3 saturated heterocycles. The minimum atomic E-state index is -0.964. The van der Waals surface area contributed by atoms with Gasteiger partial charge in [-0.15, -0.1) is 0 Å². The minimum Gasteiger partial charge on any atom is -0.462 e. The quantitative estimate of drug-likeness (QED) is 0.423. The molecule has 0 bridgehead atoms. The van der Waals surface area contributed by atoms with Gasteiger partial charge in [-0.25, -0.2) is 0 Å². The number of rotatable bonds is 3.